The van der Waals surface area contributed by atoms with Gasteiger partial charge in [0.05, 0.1) is 13.2 Å². The fourth-order valence-corrected chi connectivity index (χ4v) is 9.58. The Hall–Kier alpha value is -2.12. The first-order valence-electron chi connectivity index (χ1n) is 15.2. The summed E-state index contributed by atoms with van der Waals surface area (Å²) in [4.78, 5) is 12.0. The molecule has 4 aliphatic carbocycles. The summed E-state index contributed by atoms with van der Waals surface area (Å²) in [6.45, 7) is 3.38. The van der Waals surface area contributed by atoms with E-state index in [0.29, 0.717) is 50.0 Å². The van der Waals surface area contributed by atoms with Gasteiger partial charge >= 0.3 is 23.9 Å². The van der Waals surface area contributed by atoms with Crippen LogP contribution in [-0.2, 0) is 9.47 Å². The Morgan fingerprint density at radius 1 is 0.889 bits per heavy atom. The Kier molecular flexibility index (Phi) is 7.43. The second-order valence-electron chi connectivity index (χ2n) is 13.8. The Balaban J connectivity index is 1.44. The fourth-order valence-electron chi connectivity index (χ4n) is 9.58. The number of hydrogen-bond donors (Lipinski definition) is 1. The zero-order valence-corrected chi connectivity index (χ0v) is 24.7. The maximum absolute atomic E-state index is 15.8. The summed E-state index contributed by atoms with van der Waals surface area (Å²) in [6, 6.07) is 6.35. The summed E-state index contributed by atoms with van der Waals surface area (Å²) in [5.74, 6) is -23.5. The molecule has 1 heterocycles. The van der Waals surface area contributed by atoms with Crippen molar-refractivity contribution in [2.75, 3.05) is 13.2 Å². The zero-order chi connectivity index (χ0) is 33.0. The van der Waals surface area contributed by atoms with Crippen LogP contribution < -0.4 is 0 Å². The molecule has 1 N–H and O–H groups in total. The number of carbonyl (C=O) groups is 1. The van der Waals surface area contributed by atoms with Crippen LogP contribution in [0.15, 0.2) is 35.9 Å². The third kappa shape index (κ3) is 4.41. The Bertz CT molecular complexity index is 1370. The van der Waals surface area contributed by atoms with Crippen LogP contribution in [0.4, 0.5) is 39.5 Å². The number of benzene rings is 1. The van der Waals surface area contributed by atoms with Gasteiger partial charge in [0.15, 0.2) is 11.6 Å². The van der Waals surface area contributed by atoms with Gasteiger partial charge in [0.25, 0.3) is 0 Å². The molecule has 1 aliphatic heterocycles. The smallest absolute Gasteiger partial charge is 0.383 e. The highest BCUT2D eigenvalue weighted by atomic mass is 19.4. The minimum absolute atomic E-state index is 0.0885. The highest BCUT2D eigenvalue weighted by Gasteiger charge is 2.88. The molecule has 250 valence electrons. The van der Waals surface area contributed by atoms with E-state index in [1.807, 2.05) is 6.08 Å². The van der Waals surface area contributed by atoms with Crippen LogP contribution in [0.25, 0.3) is 0 Å². The van der Waals surface area contributed by atoms with E-state index in [2.05, 4.69) is 0 Å². The SMILES string of the molecule is CC(=O)c1ccc(C2C[C@@]3(C)[C@@H](CCC3(O)C(F)(F)C(F)(F)C(F)(F)C(F)(F)F)[C@@H]3CC=C4CC5(CC[C@@H]4[C@@H]23)OCCO5)cc1. The predicted octanol–water partition coefficient (Wildman–Crippen LogP) is 8.10. The molecule has 5 aliphatic rings. The first-order chi connectivity index (χ1) is 20.7. The Labute approximate surface area is 254 Å². The van der Waals surface area contributed by atoms with Gasteiger partial charge in [0, 0.05) is 23.8 Å². The molecule has 0 amide bonds. The van der Waals surface area contributed by atoms with Crippen molar-refractivity contribution in [2.24, 2.45) is 29.1 Å². The van der Waals surface area contributed by atoms with Crippen molar-refractivity contribution in [1.82, 2.24) is 0 Å². The van der Waals surface area contributed by atoms with Gasteiger partial charge in [-0.1, -0.05) is 42.8 Å². The third-order valence-corrected chi connectivity index (χ3v) is 11.8. The van der Waals surface area contributed by atoms with E-state index in [-0.39, 0.29) is 30.5 Å². The molecule has 6 rings (SSSR count). The number of carbonyl (C=O) groups excluding carboxylic acids is 1. The van der Waals surface area contributed by atoms with Crippen molar-refractivity contribution in [3.63, 3.8) is 0 Å². The van der Waals surface area contributed by atoms with Gasteiger partial charge in [-0.05, 0) is 74.2 Å². The molecule has 1 aromatic rings. The number of rotatable bonds is 5. The molecule has 7 atom stereocenters. The van der Waals surface area contributed by atoms with E-state index in [1.54, 1.807) is 24.3 Å². The number of Topliss-reactive ketones (excluding diaryl/α,β-unsaturated/α-hetero) is 1. The fraction of sp³-hybridized carbons (Fsp3) is 0.719. The first kappa shape index (κ1) is 32.8. The number of ketones is 1. The number of fused-ring (bicyclic) bond motifs is 5. The van der Waals surface area contributed by atoms with Crippen LogP contribution in [0, 0.1) is 29.1 Å². The summed E-state index contributed by atoms with van der Waals surface area (Å²) in [7, 11) is 0. The summed E-state index contributed by atoms with van der Waals surface area (Å²) in [5.41, 5.74) is -4.04. The minimum atomic E-state index is -7.10. The second-order valence-corrected chi connectivity index (χ2v) is 13.8. The van der Waals surface area contributed by atoms with Gasteiger partial charge in [-0.2, -0.15) is 39.5 Å². The molecular formula is C32H35F9O4. The van der Waals surface area contributed by atoms with E-state index < -0.39 is 64.9 Å². The molecule has 2 unspecified atom stereocenters. The van der Waals surface area contributed by atoms with Gasteiger partial charge in [0.1, 0.15) is 5.60 Å². The second kappa shape index (κ2) is 10.2. The number of hydrogen-bond acceptors (Lipinski definition) is 4. The van der Waals surface area contributed by atoms with Crippen molar-refractivity contribution >= 4 is 5.78 Å². The maximum Gasteiger partial charge on any atom is 0.460 e. The molecule has 13 heteroatoms. The van der Waals surface area contributed by atoms with E-state index in [0.717, 1.165) is 12.5 Å². The predicted molar refractivity (Wildman–Crippen MR) is 142 cm³/mol. The van der Waals surface area contributed by atoms with Crippen LogP contribution in [0.5, 0.6) is 0 Å². The van der Waals surface area contributed by atoms with Crippen molar-refractivity contribution < 1.29 is 58.9 Å². The van der Waals surface area contributed by atoms with Crippen molar-refractivity contribution in [2.45, 2.75) is 100 Å². The maximum atomic E-state index is 15.8. The Morgan fingerprint density at radius 3 is 2.09 bits per heavy atom. The largest absolute Gasteiger partial charge is 0.460 e. The van der Waals surface area contributed by atoms with Crippen molar-refractivity contribution in [3.05, 3.63) is 47.0 Å². The number of halogens is 9. The summed E-state index contributed by atoms with van der Waals surface area (Å²) in [5, 5.41) is 11.6. The van der Waals surface area contributed by atoms with E-state index in [9.17, 15) is 40.6 Å². The lowest BCUT2D eigenvalue weighted by Gasteiger charge is -2.60. The molecule has 0 radical (unpaired) electrons. The van der Waals surface area contributed by atoms with Crippen molar-refractivity contribution in [1.29, 1.82) is 0 Å². The number of aliphatic hydroxyl groups is 1. The molecule has 4 fully saturated rings. The molecule has 1 spiro atoms. The first-order valence-corrected chi connectivity index (χ1v) is 15.2. The normalized spacial score (nSPS) is 36.7. The number of ether oxygens (including phenoxy) is 2. The lowest BCUT2D eigenvalue weighted by Crippen LogP contribution is -2.72. The molecule has 0 aromatic heterocycles. The lowest BCUT2D eigenvalue weighted by molar-refractivity contribution is -0.425. The zero-order valence-electron chi connectivity index (χ0n) is 24.7. The van der Waals surface area contributed by atoms with Gasteiger partial charge in [-0.3, -0.25) is 4.79 Å². The summed E-state index contributed by atoms with van der Waals surface area (Å²) in [6.07, 6.45) is -4.75. The van der Waals surface area contributed by atoms with Crippen LogP contribution in [-0.4, -0.2) is 59.4 Å². The average Bonchev–Trinajstić information content (AvgIpc) is 3.53. The van der Waals surface area contributed by atoms with Crippen LogP contribution in [0.2, 0.25) is 0 Å². The molecule has 0 bridgehead atoms. The summed E-state index contributed by atoms with van der Waals surface area (Å²) < 4.78 is 141. The minimum Gasteiger partial charge on any atom is -0.383 e. The van der Waals surface area contributed by atoms with Crippen LogP contribution in [0.1, 0.15) is 80.6 Å². The van der Waals surface area contributed by atoms with Gasteiger partial charge in [-0.15, -0.1) is 0 Å². The molecule has 1 aromatic carbocycles. The van der Waals surface area contributed by atoms with Gasteiger partial charge in [-0.25, -0.2) is 0 Å². The molecule has 1 saturated heterocycles. The molecular weight excluding hydrogens is 619 g/mol. The average molecular weight is 655 g/mol. The highest BCUT2D eigenvalue weighted by molar-refractivity contribution is 5.94. The highest BCUT2D eigenvalue weighted by Crippen LogP contribution is 2.72. The Morgan fingerprint density at radius 2 is 1.51 bits per heavy atom. The van der Waals surface area contributed by atoms with Gasteiger partial charge in [0.2, 0.25) is 0 Å². The quantitative estimate of drug-likeness (QED) is 0.198. The summed E-state index contributed by atoms with van der Waals surface area (Å²) >= 11 is 0. The topological polar surface area (TPSA) is 55.8 Å². The lowest BCUT2D eigenvalue weighted by atomic mass is 9.46. The van der Waals surface area contributed by atoms with Crippen LogP contribution in [0.3, 0.4) is 0 Å². The molecule has 3 saturated carbocycles. The monoisotopic (exact) mass is 654 g/mol. The standard InChI is InChI=1S/C32H35F9O4/c1-17(42)18-3-5-19(6-4-18)23-16-26(2)24(10-12-28(26,43)29(33,34)30(35,36)31(37,38)32(39,40)41)22-8-7-20-15-27(44-13-14-45-27)11-9-21(20)25(22)23/h3-7,21-25,43H,8-16H2,1-2H3/t21-,22-,23?,24-,25+,26-,28?/m0/s1. The molecule has 45 heavy (non-hydrogen) atoms. The van der Waals surface area contributed by atoms with E-state index >= 15 is 8.78 Å². The molecule has 4 nitrogen and oxygen atoms in total. The van der Waals surface area contributed by atoms with Crippen molar-refractivity contribution in [3.8, 4) is 0 Å². The number of alkyl halides is 9. The third-order valence-electron chi connectivity index (χ3n) is 11.8. The van der Waals surface area contributed by atoms with E-state index in [1.165, 1.54) is 6.92 Å². The number of allylic oxidation sites excluding steroid dienone is 1. The van der Waals surface area contributed by atoms with Gasteiger partial charge < -0.3 is 14.6 Å². The van der Waals surface area contributed by atoms with Crippen LogP contribution >= 0.6 is 0 Å². The van der Waals surface area contributed by atoms with E-state index in [4.69, 9.17) is 9.47 Å².